The number of carbonyl (C=O) groups is 5. The van der Waals surface area contributed by atoms with E-state index in [-0.39, 0.29) is 37.8 Å². The summed E-state index contributed by atoms with van der Waals surface area (Å²) >= 11 is 0. The number of ether oxygens (including phenoxy) is 1. The highest BCUT2D eigenvalue weighted by atomic mass is 35.5. The number of nitrogens with one attached hydrogen (secondary N) is 1. The van der Waals surface area contributed by atoms with Crippen LogP contribution in [-0.2, 0) is 28.7 Å². The zero-order valence-electron chi connectivity index (χ0n) is 21.6. The van der Waals surface area contributed by atoms with Gasteiger partial charge in [-0.05, 0) is 18.7 Å². The summed E-state index contributed by atoms with van der Waals surface area (Å²) in [6.45, 7) is 4.05. The van der Waals surface area contributed by atoms with E-state index in [1.54, 1.807) is 24.2 Å². The SMILES string of the molecule is CCN[C@@H](CC(=O)N1CCN(c2ccncc2)CC1)C(=O)N1CCN(CC(=O)O)C(=O)[C@H]1CC(=O)OC.Cl. The minimum Gasteiger partial charge on any atom is -0.480 e. The zero-order chi connectivity index (χ0) is 26.9. The van der Waals surface area contributed by atoms with Crippen LogP contribution >= 0.6 is 12.4 Å². The summed E-state index contributed by atoms with van der Waals surface area (Å²) in [6, 6.07) is 1.74. The molecule has 0 aromatic carbocycles. The van der Waals surface area contributed by atoms with Crippen molar-refractivity contribution < 1.29 is 33.8 Å². The summed E-state index contributed by atoms with van der Waals surface area (Å²) in [6.07, 6.45) is 2.94. The minimum absolute atomic E-state index is 0. The molecule has 14 heteroatoms. The Morgan fingerprint density at radius 1 is 1.11 bits per heavy atom. The maximum atomic E-state index is 13.5. The fourth-order valence-electron chi connectivity index (χ4n) is 4.63. The molecule has 3 rings (SSSR count). The smallest absolute Gasteiger partial charge is 0.323 e. The van der Waals surface area contributed by atoms with Gasteiger partial charge in [-0.3, -0.25) is 29.0 Å². The molecule has 38 heavy (non-hydrogen) atoms. The molecule has 0 bridgehead atoms. The lowest BCUT2D eigenvalue weighted by molar-refractivity contribution is -0.160. The number of halogens is 1. The van der Waals surface area contributed by atoms with E-state index in [4.69, 9.17) is 9.84 Å². The van der Waals surface area contributed by atoms with Crippen molar-refractivity contribution in [2.75, 3.05) is 64.4 Å². The molecular weight excluding hydrogens is 520 g/mol. The van der Waals surface area contributed by atoms with E-state index < -0.39 is 48.8 Å². The normalized spacial score (nSPS) is 18.5. The summed E-state index contributed by atoms with van der Waals surface area (Å²) in [4.78, 5) is 73.1. The van der Waals surface area contributed by atoms with Crippen LogP contribution in [0.2, 0.25) is 0 Å². The van der Waals surface area contributed by atoms with E-state index in [2.05, 4.69) is 15.2 Å². The molecule has 1 aromatic heterocycles. The zero-order valence-corrected chi connectivity index (χ0v) is 22.4. The Morgan fingerprint density at radius 2 is 1.76 bits per heavy atom. The number of likely N-dealkylation sites (N-methyl/N-ethyl adjacent to an activating group) is 1. The molecule has 0 radical (unpaired) electrons. The number of pyridine rings is 1. The first-order valence-electron chi connectivity index (χ1n) is 12.3. The Hall–Kier alpha value is -3.45. The predicted octanol–water partition coefficient (Wildman–Crippen LogP) is -0.793. The third-order valence-electron chi connectivity index (χ3n) is 6.57. The molecular formula is C24H35ClN6O7. The molecule has 2 aliphatic heterocycles. The molecule has 2 fully saturated rings. The number of esters is 1. The first-order valence-corrected chi connectivity index (χ1v) is 12.3. The van der Waals surface area contributed by atoms with Gasteiger partial charge in [-0.15, -0.1) is 12.4 Å². The van der Waals surface area contributed by atoms with E-state index in [0.717, 1.165) is 10.6 Å². The lowest BCUT2D eigenvalue weighted by atomic mass is 10.0. The molecule has 0 aliphatic carbocycles. The number of carboxylic acids is 1. The number of hydrogen-bond acceptors (Lipinski definition) is 9. The Balaban J connectivity index is 0.00000507. The van der Waals surface area contributed by atoms with Crippen LogP contribution in [0.4, 0.5) is 5.69 Å². The number of anilines is 1. The molecule has 2 saturated heterocycles. The van der Waals surface area contributed by atoms with E-state index in [1.165, 1.54) is 12.0 Å². The monoisotopic (exact) mass is 554 g/mol. The Bertz CT molecular complexity index is 990. The first-order chi connectivity index (χ1) is 17.7. The average Bonchev–Trinajstić information content (AvgIpc) is 2.90. The molecule has 0 saturated carbocycles. The minimum atomic E-state index is -1.20. The lowest BCUT2D eigenvalue weighted by Crippen LogP contribution is -2.63. The van der Waals surface area contributed by atoms with Crippen LogP contribution in [0.15, 0.2) is 24.5 Å². The van der Waals surface area contributed by atoms with Crippen molar-refractivity contribution in [2.45, 2.75) is 31.8 Å². The van der Waals surface area contributed by atoms with Gasteiger partial charge in [0.25, 0.3) is 0 Å². The maximum absolute atomic E-state index is 13.5. The van der Waals surface area contributed by atoms with Gasteiger partial charge in [0.15, 0.2) is 0 Å². The van der Waals surface area contributed by atoms with Gasteiger partial charge >= 0.3 is 11.9 Å². The van der Waals surface area contributed by atoms with Crippen molar-refractivity contribution in [3.05, 3.63) is 24.5 Å². The second-order valence-corrected chi connectivity index (χ2v) is 8.87. The summed E-state index contributed by atoms with van der Waals surface area (Å²) in [5, 5.41) is 12.2. The molecule has 2 atom stereocenters. The van der Waals surface area contributed by atoms with Crippen LogP contribution in [0.5, 0.6) is 0 Å². The van der Waals surface area contributed by atoms with Gasteiger partial charge in [0.1, 0.15) is 12.6 Å². The number of methoxy groups -OCH3 is 1. The third-order valence-corrected chi connectivity index (χ3v) is 6.57. The average molecular weight is 555 g/mol. The van der Waals surface area contributed by atoms with Crippen LogP contribution in [0.1, 0.15) is 19.8 Å². The summed E-state index contributed by atoms with van der Waals surface area (Å²) in [5.41, 5.74) is 1.03. The molecule has 1 aromatic rings. The van der Waals surface area contributed by atoms with Crippen LogP contribution in [0.3, 0.4) is 0 Å². The van der Waals surface area contributed by atoms with Crippen molar-refractivity contribution in [3.63, 3.8) is 0 Å². The Kier molecular flexibility index (Phi) is 11.7. The van der Waals surface area contributed by atoms with Crippen molar-refractivity contribution in [2.24, 2.45) is 0 Å². The quantitative estimate of drug-likeness (QED) is 0.352. The maximum Gasteiger partial charge on any atom is 0.323 e. The second-order valence-electron chi connectivity index (χ2n) is 8.87. The van der Waals surface area contributed by atoms with E-state index in [1.807, 2.05) is 12.1 Å². The summed E-state index contributed by atoms with van der Waals surface area (Å²) < 4.78 is 4.69. The molecule has 0 unspecified atom stereocenters. The highest BCUT2D eigenvalue weighted by Crippen LogP contribution is 2.19. The van der Waals surface area contributed by atoms with E-state index >= 15 is 0 Å². The van der Waals surface area contributed by atoms with Crippen molar-refractivity contribution in [1.29, 1.82) is 0 Å². The van der Waals surface area contributed by atoms with Crippen molar-refractivity contribution in [3.8, 4) is 0 Å². The van der Waals surface area contributed by atoms with E-state index in [0.29, 0.717) is 32.7 Å². The molecule has 3 amide bonds. The van der Waals surface area contributed by atoms with E-state index in [9.17, 15) is 24.0 Å². The second kappa shape index (κ2) is 14.5. The van der Waals surface area contributed by atoms with Crippen molar-refractivity contribution >= 4 is 47.8 Å². The number of rotatable bonds is 10. The topological polar surface area (TPSA) is 153 Å². The molecule has 0 spiro atoms. The fraction of sp³-hybridized carbons (Fsp3) is 0.583. The van der Waals surface area contributed by atoms with Gasteiger partial charge in [-0.25, -0.2) is 0 Å². The van der Waals surface area contributed by atoms with Crippen LogP contribution < -0.4 is 10.2 Å². The highest BCUT2D eigenvalue weighted by Gasteiger charge is 2.42. The van der Waals surface area contributed by atoms with Crippen LogP contribution in [0, 0.1) is 0 Å². The van der Waals surface area contributed by atoms with Gasteiger partial charge in [0, 0.05) is 57.3 Å². The largest absolute Gasteiger partial charge is 0.480 e. The number of aromatic nitrogens is 1. The molecule has 210 valence electrons. The molecule has 2 aliphatic rings. The lowest BCUT2D eigenvalue weighted by Gasteiger charge is -2.41. The number of hydrogen-bond donors (Lipinski definition) is 2. The standard InChI is InChI=1S/C24H34N6O7.ClH/c1-3-26-18(14-20(31)28-10-8-27(9-11-28)17-4-6-25-7-5-17)23(35)30-13-12-29(16-21(32)33)24(36)19(30)15-22(34)37-2;/h4-7,18-19,26H,3,8-16H2,1-2H3,(H,32,33);1H/t18-,19+;/m0./s1. The van der Waals surface area contributed by atoms with Crippen LogP contribution in [-0.4, -0.2) is 126 Å². The molecule has 3 heterocycles. The van der Waals surface area contributed by atoms with Gasteiger partial charge in [-0.1, -0.05) is 6.92 Å². The Labute approximate surface area is 227 Å². The van der Waals surface area contributed by atoms with Gasteiger partial charge in [0.05, 0.1) is 26.0 Å². The van der Waals surface area contributed by atoms with Gasteiger partial charge in [0.2, 0.25) is 17.7 Å². The highest BCUT2D eigenvalue weighted by molar-refractivity contribution is 5.96. The number of carbonyl (C=O) groups excluding carboxylic acids is 4. The summed E-state index contributed by atoms with van der Waals surface area (Å²) in [5.74, 6) is -3.19. The molecule has 13 nitrogen and oxygen atoms in total. The van der Waals surface area contributed by atoms with Gasteiger partial charge in [-0.2, -0.15) is 0 Å². The predicted molar refractivity (Wildman–Crippen MR) is 139 cm³/mol. The number of aliphatic carboxylic acids is 1. The molecule has 2 N–H and O–H groups in total. The first kappa shape index (κ1) is 30.8. The summed E-state index contributed by atoms with van der Waals surface area (Å²) in [7, 11) is 1.17. The fourth-order valence-corrected chi connectivity index (χ4v) is 4.63. The number of nitrogens with zero attached hydrogens (tertiary/aromatic N) is 5. The number of carboxylic acid groups (broad SMARTS) is 1. The number of amides is 3. The number of piperazine rings is 2. The van der Waals surface area contributed by atoms with Crippen LogP contribution in [0.25, 0.3) is 0 Å². The Morgan fingerprint density at radius 3 is 2.34 bits per heavy atom. The van der Waals surface area contributed by atoms with Crippen molar-refractivity contribution in [1.82, 2.24) is 25.0 Å². The van der Waals surface area contributed by atoms with Gasteiger partial charge < -0.3 is 34.8 Å². The third kappa shape index (κ3) is 7.78.